The van der Waals surface area contributed by atoms with E-state index in [4.69, 9.17) is 0 Å². The van der Waals surface area contributed by atoms with Crippen LogP contribution in [0.4, 0.5) is 18.9 Å². The number of carbonyl (C=O) groups excluding carboxylic acids is 1. The minimum Gasteiger partial charge on any atom is -0.325 e. The number of aromatic nitrogens is 3. The Labute approximate surface area is 185 Å². The molecule has 3 aromatic rings. The van der Waals surface area contributed by atoms with Crippen LogP contribution in [0.2, 0.25) is 0 Å². The van der Waals surface area contributed by atoms with Crippen LogP contribution in [0.5, 0.6) is 0 Å². The molecule has 2 aromatic heterocycles. The van der Waals surface area contributed by atoms with Gasteiger partial charge in [-0.1, -0.05) is 23.9 Å². The van der Waals surface area contributed by atoms with E-state index in [0.29, 0.717) is 11.6 Å². The zero-order valence-corrected chi connectivity index (χ0v) is 17.7. The fraction of sp³-hybridized carbons (Fsp3) is 0.273. The van der Waals surface area contributed by atoms with Crippen molar-refractivity contribution in [2.75, 3.05) is 11.1 Å². The van der Waals surface area contributed by atoms with Gasteiger partial charge in [0.2, 0.25) is 5.91 Å². The molecule has 1 aromatic carbocycles. The Bertz CT molecular complexity index is 1200. The van der Waals surface area contributed by atoms with Crippen molar-refractivity contribution in [2.45, 2.75) is 37.0 Å². The second-order valence-electron chi connectivity index (χ2n) is 7.30. The van der Waals surface area contributed by atoms with Crippen LogP contribution in [0.15, 0.2) is 58.5 Å². The molecule has 0 spiro atoms. The first-order valence-corrected chi connectivity index (χ1v) is 10.9. The number of benzene rings is 1. The van der Waals surface area contributed by atoms with Gasteiger partial charge in [0.05, 0.1) is 23.6 Å². The minimum atomic E-state index is -4.49. The van der Waals surface area contributed by atoms with E-state index < -0.39 is 23.3 Å². The molecule has 1 aliphatic carbocycles. The number of halogens is 3. The van der Waals surface area contributed by atoms with Gasteiger partial charge in [0.15, 0.2) is 0 Å². The van der Waals surface area contributed by atoms with Gasteiger partial charge in [0.25, 0.3) is 0 Å². The second-order valence-corrected chi connectivity index (χ2v) is 8.27. The first-order valence-electron chi connectivity index (χ1n) is 9.93. The average molecular weight is 460 g/mol. The van der Waals surface area contributed by atoms with Crippen molar-refractivity contribution in [3.05, 3.63) is 81.7 Å². The maximum Gasteiger partial charge on any atom is 0.416 e. The van der Waals surface area contributed by atoms with E-state index in [1.165, 1.54) is 12.1 Å². The van der Waals surface area contributed by atoms with Crippen molar-refractivity contribution in [2.24, 2.45) is 0 Å². The molecule has 0 bridgehead atoms. The Hall–Kier alpha value is -3.14. The summed E-state index contributed by atoms with van der Waals surface area (Å²) in [5.74, 6) is -0.542. The van der Waals surface area contributed by atoms with E-state index in [9.17, 15) is 22.8 Å². The third-order valence-corrected chi connectivity index (χ3v) is 6.08. The number of thioether (sulfide) groups is 1. The highest BCUT2D eigenvalue weighted by molar-refractivity contribution is 8.00. The Morgan fingerprint density at radius 3 is 2.75 bits per heavy atom. The van der Waals surface area contributed by atoms with Crippen LogP contribution in [-0.2, 0) is 30.4 Å². The van der Waals surface area contributed by atoms with Crippen LogP contribution < -0.4 is 11.0 Å². The van der Waals surface area contributed by atoms with E-state index in [1.54, 1.807) is 16.8 Å². The summed E-state index contributed by atoms with van der Waals surface area (Å²) < 4.78 is 40.2. The quantitative estimate of drug-likeness (QED) is 0.446. The molecule has 4 rings (SSSR count). The van der Waals surface area contributed by atoms with Crippen molar-refractivity contribution in [3.8, 4) is 0 Å². The Kier molecular flexibility index (Phi) is 6.31. The molecule has 1 aliphatic rings. The van der Waals surface area contributed by atoms with E-state index in [1.807, 2.05) is 12.1 Å². The van der Waals surface area contributed by atoms with Crippen LogP contribution in [0.1, 0.15) is 28.9 Å². The molecule has 1 N–H and O–H groups in total. The van der Waals surface area contributed by atoms with Gasteiger partial charge in [-0.3, -0.25) is 14.3 Å². The summed E-state index contributed by atoms with van der Waals surface area (Å²) >= 11 is 1.12. The summed E-state index contributed by atoms with van der Waals surface area (Å²) in [6.45, 7) is 0.329. The summed E-state index contributed by atoms with van der Waals surface area (Å²) in [4.78, 5) is 33.4. The van der Waals surface area contributed by atoms with Crippen molar-refractivity contribution in [1.82, 2.24) is 14.5 Å². The van der Waals surface area contributed by atoms with E-state index in [-0.39, 0.29) is 11.4 Å². The molecular formula is C22H19F3N4O2S. The summed E-state index contributed by atoms with van der Waals surface area (Å²) in [5.41, 5.74) is 1.42. The lowest BCUT2D eigenvalue weighted by atomic mass is 10.2. The first-order chi connectivity index (χ1) is 15.3. The Morgan fingerprint density at radius 1 is 1.16 bits per heavy atom. The van der Waals surface area contributed by atoms with Crippen LogP contribution in [0.3, 0.4) is 0 Å². The van der Waals surface area contributed by atoms with Gasteiger partial charge in [-0.05, 0) is 49.6 Å². The number of rotatable bonds is 6. The van der Waals surface area contributed by atoms with Gasteiger partial charge >= 0.3 is 11.9 Å². The largest absolute Gasteiger partial charge is 0.416 e. The predicted molar refractivity (Wildman–Crippen MR) is 115 cm³/mol. The summed E-state index contributed by atoms with van der Waals surface area (Å²) in [6.07, 6.45) is -0.445. The summed E-state index contributed by atoms with van der Waals surface area (Å²) in [5, 5.41) is 2.97. The third-order valence-electron chi connectivity index (χ3n) is 5.06. The molecule has 1 amide bonds. The maximum atomic E-state index is 12.8. The van der Waals surface area contributed by atoms with Gasteiger partial charge in [0, 0.05) is 23.1 Å². The van der Waals surface area contributed by atoms with Gasteiger partial charge < -0.3 is 5.32 Å². The lowest BCUT2D eigenvalue weighted by Gasteiger charge is -2.14. The molecule has 2 heterocycles. The lowest BCUT2D eigenvalue weighted by molar-refractivity contribution is -0.137. The zero-order valence-electron chi connectivity index (χ0n) is 16.9. The topological polar surface area (TPSA) is 76.9 Å². The number of amides is 1. The Balaban J connectivity index is 1.47. The van der Waals surface area contributed by atoms with Crippen LogP contribution >= 0.6 is 11.8 Å². The highest BCUT2D eigenvalue weighted by atomic mass is 32.2. The van der Waals surface area contributed by atoms with Crippen molar-refractivity contribution in [3.63, 3.8) is 0 Å². The number of anilines is 1. The molecule has 0 saturated heterocycles. The monoisotopic (exact) mass is 460 g/mol. The number of nitrogens with one attached hydrogen (secondary N) is 1. The summed E-state index contributed by atoms with van der Waals surface area (Å²) in [7, 11) is 0. The highest BCUT2D eigenvalue weighted by Gasteiger charge is 2.30. The Morgan fingerprint density at radius 2 is 2.00 bits per heavy atom. The van der Waals surface area contributed by atoms with Gasteiger partial charge in [-0.15, -0.1) is 0 Å². The molecule has 0 fully saturated rings. The van der Waals surface area contributed by atoms with Gasteiger partial charge in [-0.25, -0.2) is 4.79 Å². The van der Waals surface area contributed by atoms with Crippen molar-refractivity contribution >= 4 is 23.4 Å². The predicted octanol–water partition coefficient (Wildman–Crippen LogP) is 3.92. The molecule has 6 nitrogen and oxygen atoms in total. The van der Waals surface area contributed by atoms with Crippen LogP contribution in [0.25, 0.3) is 0 Å². The summed E-state index contributed by atoms with van der Waals surface area (Å²) in [6, 6.07) is 9.96. The van der Waals surface area contributed by atoms with Crippen molar-refractivity contribution in [1.29, 1.82) is 0 Å². The molecule has 0 atom stereocenters. The SMILES string of the molecule is O=C(CSc1nc(=O)n(Cc2ccccn2)c2c1CCC2)Nc1cccc(C(F)(F)F)c1. The number of hydrogen-bond donors (Lipinski definition) is 1. The molecule has 0 unspecified atom stereocenters. The average Bonchev–Trinajstić information content (AvgIpc) is 3.25. The standard InChI is InChI=1S/C22H19F3N4O2S/c23-22(24,25)14-5-3-7-15(11-14)27-19(30)13-32-20-17-8-4-9-18(17)29(21(31)28-20)12-16-6-1-2-10-26-16/h1-3,5-7,10-11H,4,8-9,12-13H2,(H,27,30). The molecular weight excluding hydrogens is 441 g/mol. The van der Waals surface area contributed by atoms with Crippen molar-refractivity contribution < 1.29 is 18.0 Å². The smallest absolute Gasteiger partial charge is 0.325 e. The number of fused-ring (bicyclic) bond motifs is 1. The van der Waals surface area contributed by atoms with Gasteiger partial charge in [-0.2, -0.15) is 18.2 Å². The number of hydrogen-bond acceptors (Lipinski definition) is 5. The first kappa shape index (κ1) is 22.1. The number of nitrogens with zero attached hydrogens (tertiary/aromatic N) is 3. The molecule has 32 heavy (non-hydrogen) atoms. The lowest BCUT2D eigenvalue weighted by Crippen LogP contribution is -2.28. The molecule has 10 heteroatoms. The highest BCUT2D eigenvalue weighted by Crippen LogP contribution is 2.31. The fourth-order valence-electron chi connectivity index (χ4n) is 3.63. The van der Waals surface area contributed by atoms with Gasteiger partial charge in [0.1, 0.15) is 5.03 Å². The second kappa shape index (κ2) is 9.15. The molecule has 166 valence electrons. The molecule has 0 radical (unpaired) electrons. The van der Waals surface area contributed by atoms with Crippen LogP contribution in [0, 0.1) is 0 Å². The van der Waals surface area contributed by atoms with E-state index in [0.717, 1.165) is 60.1 Å². The molecule has 0 saturated carbocycles. The number of pyridine rings is 1. The minimum absolute atomic E-state index is 0.0643. The third kappa shape index (κ3) is 5.01. The van der Waals surface area contributed by atoms with Crippen LogP contribution in [-0.4, -0.2) is 26.2 Å². The maximum absolute atomic E-state index is 12.8. The van der Waals surface area contributed by atoms with E-state index >= 15 is 0 Å². The number of carbonyl (C=O) groups is 1. The zero-order chi connectivity index (χ0) is 22.7. The molecule has 0 aliphatic heterocycles. The number of alkyl halides is 3. The normalized spacial score (nSPS) is 13.1. The van der Waals surface area contributed by atoms with E-state index in [2.05, 4.69) is 15.3 Å². The fourth-order valence-corrected chi connectivity index (χ4v) is 4.50.